The molecule has 2 N–H and O–H groups in total. The van der Waals surface area contributed by atoms with Crippen molar-refractivity contribution in [1.29, 1.82) is 0 Å². The van der Waals surface area contributed by atoms with Crippen LogP contribution < -0.4 is 10.1 Å². The highest BCUT2D eigenvalue weighted by Gasteiger charge is 2.29. The summed E-state index contributed by atoms with van der Waals surface area (Å²) in [5.74, 6) is 0.337. The van der Waals surface area contributed by atoms with E-state index >= 15 is 0 Å². The fourth-order valence-corrected chi connectivity index (χ4v) is 3.76. The average Bonchev–Trinajstić information content (AvgIpc) is 3.33. The van der Waals surface area contributed by atoms with Crippen LogP contribution in [0.15, 0.2) is 54.9 Å². The van der Waals surface area contributed by atoms with Crippen molar-refractivity contribution in [3.05, 3.63) is 66.1 Å². The topological polar surface area (TPSA) is 100 Å². The Morgan fingerprint density at radius 1 is 1.26 bits per heavy atom. The van der Waals surface area contributed by atoms with Crippen molar-refractivity contribution < 1.29 is 14.3 Å². The SMILES string of the molecule is COc1cccc(CNC(=O)C2CCCN(C(=O)c3cc(-c4cccnc4)n[nH]3)C2)c1. The highest BCUT2D eigenvalue weighted by Crippen LogP contribution is 2.21. The maximum absolute atomic E-state index is 13.0. The number of nitrogens with one attached hydrogen (secondary N) is 2. The van der Waals surface area contributed by atoms with Crippen LogP contribution >= 0.6 is 0 Å². The van der Waals surface area contributed by atoms with Gasteiger partial charge in [0.25, 0.3) is 5.91 Å². The number of aromatic nitrogens is 3. The number of rotatable bonds is 6. The standard InChI is InChI=1S/C23H25N5O3/c1-31-19-8-2-5-16(11-19)13-25-22(29)18-7-4-10-28(15-18)23(30)21-12-20(26-27-21)17-6-3-9-24-14-17/h2-3,5-6,8-9,11-12,14,18H,4,7,10,13,15H2,1H3,(H,25,29)(H,26,27). The second kappa shape index (κ2) is 9.42. The van der Waals surface area contributed by atoms with Gasteiger partial charge in [0.15, 0.2) is 0 Å². The van der Waals surface area contributed by atoms with E-state index < -0.39 is 0 Å². The minimum atomic E-state index is -0.232. The van der Waals surface area contributed by atoms with Gasteiger partial charge in [0.1, 0.15) is 11.4 Å². The van der Waals surface area contributed by atoms with Crippen LogP contribution in [0.25, 0.3) is 11.3 Å². The molecule has 8 nitrogen and oxygen atoms in total. The molecule has 1 atom stereocenters. The average molecular weight is 419 g/mol. The summed E-state index contributed by atoms with van der Waals surface area (Å²) in [6, 6.07) is 13.0. The second-order valence-electron chi connectivity index (χ2n) is 7.57. The zero-order valence-corrected chi connectivity index (χ0v) is 17.4. The number of ether oxygens (including phenoxy) is 1. The lowest BCUT2D eigenvalue weighted by Gasteiger charge is -2.31. The minimum Gasteiger partial charge on any atom is -0.497 e. The van der Waals surface area contributed by atoms with Gasteiger partial charge in [-0.3, -0.25) is 19.7 Å². The molecule has 2 amide bonds. The maximum atomic E-state index is 13.0. The fourth-order valence-electron chi connectivity index (χ4n) is 3.76. The van der Waals surface area contributed by atoms with E-state index in [0.717, 1.165) is 29.7 Å². The number of benzene rings is 1. The molecule has 4 rings (SSSR count). The number of nitrogens with zero attached hydrogens (tertiary/aromatic N) is 3. The number of hydrogen-bond donors (Lipinski definition) is 2. The Balaban J connectivity index is 1.36. The van der Waals surface area contributed by atoms with Crippen molar-refractivity contribution in [3.8, 4) is 17.0 Å². The molecule has 2 aromatic heterocycles. The predicted octanol–water partition coefficient (Wildman–Crippen LogP) is 2.65. The van der Waals surface area contributed by atoms with Crippen LogP contribution in [-0.4, -0.2) is 52.1 Å². The summed E-state index contributed by atoms with van der Waals surface area (Å²) in [6.07, 6.45) is 4.94. The van der Waals surface area contributed by atoms with E-state index in [9.17, 15) is 9.59 Å². The summed E-state index contributed by atoms with van der Waals surface area (Å²) in [5.41, 5.74) is 2.89. The lowest BCUT2D eigenvalue weighted by Crippen LogP contribution is -2.45. The molecule has 0 bridgehead atoms. The summed E-state index contributed by atoms with van der Waals surface area (Å²) in [7, 11) is 1.62. The molecular weight excluding hydrogens is 394 g/mol. The lowest BCUT2D eigenvalue weighted by atomic mass is 9.96. The van der Waals surface area contributed by atoms with Gasteiger partial charge in [-0.2, -0.15) is 5.10 Å². The first kappa shape index (κ1) is 20.6. The number of carbonyl (C=O) groups is 2. The molecular formula is C23H25N5O3. The van der Waals surface area contributed by atoms with Crippen LogP contribution in [0.5, 0.6) is 5.75 Å². The number of amides is 2. The highest BCUT2D eigenvalue weighted by atomic mass is 16.5. The Morgan fingerprint density at radius 2 is 2.16 bits per heavy atom. The Hall–Kier alpha value is -3.68. The molecule has 1 unspecified atom stereocenters. The number of pyridine rings is 1. The normalized spacial score (nSPS) is 16.0. The summed E-state index contributed by atoms with van der Waals surface area (Å²) >= 11 is 0. The predicted molar refractivity (Wildman–Crippen MR) is 115 cm³/mol. The Bertz CT molecular complexity index is 1050. The zero-order valence-electron chi connectivity index (χ0n) is 17.4. The van der Waals surface area contributed by atoms with Gasteiger partial charge in [0.05, 0.1) is 18.7 Å². The molecule has 1 saturated heterocycles. The van der Waals surface area contributed by atoms with E-state index in [4.69, 9.17) is 4.74 Å². The van der Waals surface area contributed by atoms with Gasteiger partial charge in [0.2, 0.25) is 5.91 Å². The number of H-pyrrole nitrogens is 1. The summed E-state index contributed by atoms with van der Waals surface area (Å²) < 4.78 is 5.22. The van der Waals surface area contributed by atoms with E-state index in [2.05, 4.69) is 20.5 Å². The van der Waals surface area contributed by atoms with Gasteiger partial charge in [-0.15, -0.1) is 0 Å². The largest absolute Gasteiger partial charge is 0.497 e. The Labute approximate surface area is 180 Å². The third-order valence-electron chi connectivity index (χ3n) is 5.45. The van der Waals surface area contributed by atoms with Crippen LogP contribution in [-0.2, 0) is 11.3 Å². The smallest absolute Gasteiger partial charge is 0.271 e. The molecule has 31 heavy (non-hydrogen) atoms. The third-order valence-corrected chi connectivity index (χ3v) is 5.45. The molecule has 1 aromatic carbocycles. The molecule has 160 valence electrons. The van der Waals surface area contributed by atoms with Crippen molar-refractivity contribution in [2.45, 2.75) is 19.4 Å². The zero-order chi connectivity index (χ0) is 21.6. The third kappa shape index (κ3) is 4.91. The summed E-state index contributed by atoms with van der Waals surface area (Å²) in [4.78, 5) is 31.5. The van der Waals surface area contributed by atoms with Gasteiger partial charge in [-0.05, 0) is 48.7 Å². The van der Waals surface area contributed by atoms with Gasteiger partial charge in [0, 0.05) is 37.6 Å². The molecule has 0 saturated carbocycles. The molecule has 8 heteroatoms. The first-order valence-corrected chi connectivity index (χ1v) is 10.3. The molecule has 0 radical (unpaired) electrons. The van der Waals surface area contributed by atoms with Crippen LogP contribution in [0.2, 0.25) is 0 Å². The van der Waals surface area contributed by atoms with Gasteiger partial charge in [-0.25, -0.2) is 0 Å². The number of piperidine rings is 1. The number of carbonyl (C=O) groups excluding carboxylic acids is 2. The summed E-state index contributed by atoms with van der Waals surface area (Å²) in [6.45, 7) is 1.44. The Morgan fingerprint density at radius 3 is 2.97 bits per heavy atom. The monoisotopic (exact) mass is 419 g/mol. The lowest BCUT2D eigenvalue weighted by molar-refractivity contribution is -0.126. The van der Waals surface area contributed by atoms with E-state index in [1.54, 1.807) is 30.5 Å². The maximum Gasteiger partial charge on any atom is 0.271 e. The quantitative estimate of drug-likeness (QED) is 0.640. The van der Waals surface area contributed by atoms with E-state index in [1.807, 2.05) is 36.4 Å². The summed E-state index contributed by atoms with van der Waals surface area (Å²) in [5, 5.41) is 10.0. The molecule has 0 spiro atoms. The van der Waals surface area contributed by atoms with Crippen molar-refractivity contribution >= 4 is 11.8 Å². The Kier molecular flexibility index (Phi) is 6.26. The van der Waals surface area contributed by atoms with Crippen LogP contribution in [0.4, 0.5) is 0 Å². The van der Waals surface area contributed by atoms with Crippen LogP contribution in [0.3, 0.4) is 0 Å². The van der Waals surface area contributed by atoms with Gasteiger partial charge >= 0.3 is 0 Å². The van der Waals surface area contributed by atoms with Gasteiger partial charge in [-0.1, -0.05) is 12.1 Å². The van der Waals surface area contributed by atoms with E-state index in [-0.39, 0.29) is 17.7 Å². The number of likely N-dealkylation sites (tertiary alicyclic amines) is 1. The highest BCUT2D eigenvalue weighted by molar-refractivity contribution is 5.94. The molecule has 3 aromatic rings. The molecule has 1 fully saturated rings. The van der Waals surface area contributed by atoms with E-state index in [1.165, 1.54) is 0 Å². The fraction of sp³-hybridized carbons (Fsp3) is 0.304. The van der Waals surface area contributed by atoms with Crippen molar-refractivity contribution in [2.24, 2.45) is 5.92 Å². The second-order valence-corrected chi connectivity index (χ2v) is 7.57. The molecule has 3 heterocycles. The molecule has 1 aliphatic heterocycles. The molecule has 1 aliphatic rings. The van der Waals surface area contributed by atoms with Gasteiger partial charge < -0.3 is 15.0 Å². The van der Waals surface area contributed by atoms with Crippen LogP contribution in [0.1, 0.15) is 28.9 Å². The van der Waals surface area contributed by atoms with E-state index in [0.29, 0.717) is 31.0 Å². The number of hydrogen-bond acceptors (Lipinski definition) is 5. The van der Waals surface area contributed by atoms with Crippen molar-refractivity contribution in [3.63, 3.8) is 0 Å². The number of methoxy groups -OCH3 is 1. The molecule has 0 aliphatic carbocycles. The number of aromatic amines is 1. The first-order valence-electron chi connectivity index (χ1n) is 10.3. The van der Waals surface area contributed by atoms with Crippen molar-refractivity contribution in [2.75, 3.05) is 20.2 Å². The minimum absolute atomic E-state index is 0.0408. The van der Waals surface area contributed by atoms with Crippen molar-refractivity contribution in [1.82, 2.24) is 25.4 Å². The van der Waals surface area contributed by atoms with Crippen LogP contribution in [0, 0.1) is 5.92 Å². The first-order chi connectivity index (χ1) is 15.1.